The molecule has 0 radical (unpaired) electrons. The number of rotatable bonds is 5. The summed E-state index contributed by atoms with van der Waals surface area (Å²) in [5.41, 5.74) is 1.30. The average molecular weight is 369 g/mol. The van der Waals surface area contributed by atoms with Crippen LogP contribution in [0.2, 0.25) is 0 Å². The molecule has 2 heterocycles. The number of carbonyl (C=O) groups is 3. The van der Waals surface area contributed by atoms with Crippen molar-refractivity contribution in [3.63, 3.8) is 0 Å². The molecule has 0 atom stereocenters. The zero-order chi connectivity index (χ0) is 19.2. The summed E-state index contributed by atoms with van der Waals surface area (Å²) < 4.78 is 4.71. The Morgan fingerprint density at radius 1 is 1.15 bits per heavy atom. The third kappa shape index (κ3) is 4.38. The van der Waals surface area contributed by atoms with E-state index >= 15 is 0 Å². The Bertz CT molecular complexity index is 849. The lowest BCUT2D eigenvalue weighted by molar-refractivity contribution is -0.119. The Balaban J connectivity index is 1.71. The van der Waals surface area contributed by atoms with Crippen molar-refractivity contribution in [1.82, 2.24) is 19.8 Å². The van der Waals surface area contributed by atoms with E-state index in [-0.39, 0.29) is 11.6 Å². The molecule has 1 aromatic carbocycles. The number of carbonyl (C=O) groups excluding carboxylic acids is 3. The highest BCUT2D eigenvalue weighted by Crippen LogP contribution is 2.17. The number of esters is 1. The van der Waals surface area contributed by atoms with Gasteiger partial charge in [0.05, 0.1) is 12.7 Å². The lowest BCUT2D eigenvalue weighted by atomic mass is 10.2. The SMILES string of the molecule is COC(=O)c1cccc(Nc2cc(C(=O)N3CCN(C=O)CC3)ncn2)c1. The van der Waals surface area contributed by atoms with Crippen LogP contribution in [-0.4, -0.2) is 71.3 Å². The number of methoxy groups -OCH3 is 1. The van der Waals surface area contributed by atoms with Crippen LogP contribution in [-0.2, 0) is 9.53 Å². The minimum Gasteiger partial charge on any atom is -0.465 e. The second-order valence-electron chi connectivity index (χ2n) is 5.92. The van der Waals surface area contributed by atoms with Crippen molar-refractivity contribution in [2.75, 3.05) is 38.6 Å². The van der Waals surface area contributed by atoms with Crippen LogP contribution in [0.3, 0.4) is 0 Å². The Hall–Kier alpha value is -3.49. The number of nitrogens with one attached hydrogen (secondary N) is 1. The Morgan fingerprint density at radius 2 is 1.93 bits per heavy atom. The Kier molecular flexibility index (Phi) is 5.60. The molecule has 1 fully saturated rings. The van der Waals surface area contributed by atoms with Crippen molar-refractivity contribution in [2.24, 2.45) is 0 Å². The maximum Gasteiger partial charge on any atom is 0.337 e. The van der Waals surface area contributed by atoms with Gasteiger partial charge in [0.2, 0.25) is 6.41 Å². The number of aromatic nitrogens is 2. The van der Waals surface area contributed by atoms with E-state index in [1.165, 1.54) is 13.4 Å². The highest BCUT2D eigenvalue weighted by atomic mass is 16.5. The van der Waals surface area contributed by atoms with Crippen LogP contribution in [0.5, 0.6) is 0 Å². The van der Waals surface area contributed by atoms with Crippen molar-refractivity contribution in [2.45, 2.75) is 0 Å². The summed E-state index contributed by atoms with van der Waals surface area (Å²) >= 11 is 0. The maximum atomic E-state index is 12.6. The number of anilines is 2. The van der Waals surface area contributed by atoms with E-state index in [2.05, 4.69) is 15.3 Å². The fourth-order valence-corrected chi connectivity index (χ4v) is 2.72. The summed E-state index contributed by atoms with van der Waals surface area (Å²) in [5.74, 6) is -0.220. The minimum absolute atomic E-state index is 0.214. The first-order valence-electron chi connectivity index (χ1n) is 8.37. The first-order valence-corrected chi connectivity index (χ1v) is 8.37. The number of piperazine rings is 1. The van der Waals surface area contributed by atoms with Crippen molar-refractivity contribution in [1.29, 1.82) is 0 Å². The maximum absolute atomic E-state index is 12.6. The van der Waals surface area contributed by atoms with Crippen LogP contribution < -0.4 is 5.32 Å². The van der Waals surface area contributed by atoms with Crippen molar-refractivity contribution >= 4 is 29.8 Å². The lowest BCUT2D eigenvalue weighted by Crippen LogP contribution is -2.48. The zero-order valence-corrected chi connectivity index (χ0v) is 14.8. The molecule has 27 heavy (non-hydrogen) atoms. The summed E-state index contributed by atoms with van der Waals surface area (Å²) in [4.78, 5) is 46.5. The summed E-state index contributed by atoms with van der Waals surface area (Å²) in [5, 5.41) is 3.05. The summed E-state index contributed by atoms with van der Waals surface area (Å²) in [6.07, 6.45) is 2.10. The van der Waals surface area contributed by atoms with Gasteiger partial charge in [0.1, 0.15) is 17.8 Å². The first-order chi connectivity index (χ1) is 13.1. The van der Waals surface area contributed by atoms with Gasteiger partial charge in [-0.1, -0.05) is 6.07 Å². The smallest absolute Gasteiger partial charge is 0.337 e. The normalized spacial score (nSPS) is 13.8. The molecule has 0 aliphatic carbocycles. The number of nitrogens with zero attached hydrogens (tertiary/aromatic N) is 4. The van der Waals surface area contributed by atoms with E-state index in [1.54, 1.807) is 40.1 Å². The van der Waals surface area contributed by atoms with E-state index in [4.69, 9.17) is 4.74 Å². The molecule has 1 N–H and O–H groups in total. The highest BCUT2D eigenvalue weighted by Gasteiger charge is 2.22. The van der Waals surface area contributed by atoms with E-state index in [0.29, 0.717) is 43.2 Å². The number of benzene rings is 1. The molecule has 0 unspecified atom stereocenters. The second-order valence-corrected chi connectivity index (χ2v) is 5.92. The molecule has 1 saturated heterocycles. The zero-order valence-electron chi connectivity index (χ0n) is 14.8. The molecule has 1 aliphatic heterocycles. The fourth-order valence-electron chi connectivity index (χ4n) is 2.72. The van der Waals surface area contributed by atoms with Crippen LogP contribution in [0.1, 0.15) is 20.8 Å². The predicted octanol–water partition coefficient (Wildman–Crippen LogP) is 0.921. The largest absolute Gasteiger partial charge is 0.465 e. The standard InChI is InChI=1S/C18H19N5O4/c1-27-18(26)13-3-2-4-14(9-13)21-16-10-15(19-11-20-16)17(25)23-7-5-22(12-24)6-8-23/h2-4,9-12H,5-8H2,1H3,(H,19,20,21). The molecule has 2 amide bonds. The van der Waals surface area contributed by atoms with Gasteiger partial charge in [-0.05, 0) is 18.2 Å². The molecule has 9 nitrogen and oxygen atoms in total. The van der Waals surface area contributed by atoms with Gasteiger partial charge in [0.15, 0.2) is 0 Å². The van der Waals surface area contributed by atoms with Gasteiger partial charge < -0.3 is 19.9 Å². The van der Waals surface area contributed by atoms with Gasteiger partial charge in [-0.2, -0.15) is 0 Å². The summed E-state index contributed by atoms with van der Waals surface area (Å²) in [6.45, 7) is 1.94. The quantitative estimate of drug-likeness (QED) is 0.617. The van der Waals surface area contributed by atoms with Gasteiger partial charge in [0.25, 0.3) is 5.91 Å². The van der Waals surface area contributed by atoms with Crippen molar-refractivity contribution in [3.05, 3.63) is 47.9 Å². The molecule has 1 aromatic heterocycles. The predicted molar refractivity (Wildman–Crippen MR) is 96.6 cm³/mol. The molecular weight excluding hydrogens is 350 g/mol. The van der Waals surface area contributed by atoms with Crippen molar-refractivity contribution in [3.8, 4) is 0 Å². The topological polar surface area (TPSA) is 105 Å². The second kappa shape index (κ2) is 8.26. The van der Waals surface area contributed by atoms with Crippen LogP contribution in [0.4, 0.5) is 11.5 Å². The Labute approximate surface area is 156 Å². The number of hydrogen-bond donors (Lipinski definition) is 1. The molecule has 9 heteroatoms. The van der Waals surface area contributed by atoms with E-state index in [0.717, 1.165) is 6.41 Å². The van der Waals surface area contributed by atoms with Crippen LogP contribution >= 0.6 is 0 Å². The first kappa shape index (κ1) is 18.3. The van der Waals surface area contributed by atoms with E-state index < -0.39 is 5.97 Å². The third-order valence-electron chi connectivity index (χ3n) is 4.19. The minimum atomic E-state index is -0.438. The monoisotopic (exact) mass is 369 g/mol. The molecular formula is C18H19N5O4. The van der Waals surface area contributed by atoms with E-state index in [9.17, 15) is 14.4 Å². The van der Waals surface area contributed by atoms with E-state index in [1.807, 2.05) is 0 Å². The number of hydrogen-bond acceptors (Lipinski definition) is 7. The molecule has 0 bridgehead atoms. The summed E-state index contributed by atoms with van der Waals surface area (Å²) in [7, 11) is 1.32. The van der Waals surface area contributed by atoms with Crippen molar-refractivity contribution < 1.29 is 19.1 Å². The van der Waals surface area contributed by atoms with Crippen LogP contribution in [0, 0.1) is 0 Å². The molecule has 3 rings (SSSR count). The molecule has 0 spiro atoms. The van der Waals surface area contributed by atoms with Gasteiger partial charge in [-0.25, -0.2) is 14.8 Å². The molecule has 1 aliphatic rings. The lowest BCUT2D eigenvalue weighted by Gasteiger charge is -2.32. The molecule has 2 aromatic rings. The van der Waals surface area contributed by atoms with Gasteiger partial charge in [-0.3, -0.25) is 9.59 Å². The number of ether oxygens (including phenoxy) is 1. The number of amides is 2. The van der Waals surface area contributed by atoms with Gasteiger partial charge in [0, 0.05) is 37.9 Å². The average Bonchev–Trinajstić information content (AvgIpc) is 2.73. The summed E-state index contributed by atoms with van der Waals surface area (Å²) in [6, 6.07) is 8.32. The van der Waals surface area contributed by atoms with Gasteiger partial charge in [-0.15, -0.1) is 0 Å². The molecule has 0 saturated carbocycles. The van der Waals surface area contributed by atoms with Gasteiger partial charge >= 0.3 is 5.97 Å². The van der Waals surface area contributed by atoms with Crippen LogP contribution in [0.15, 0.2) is 36.7 Å². The highest BCUT2D eigenvalue weighted by molar-refractivity contribution is 5.93. The molecule has 140 valence electrons. The fraction of sp³-hybridized carbons (Fsp3) is 0.278. The van der Waals surface area contributed by atoms with Crippen LogP contribution in [0.25, 0.3) is 0 Å². The Morgan fingerprint density at radius 3 is 2.63 bits per heavy atom. The third-order valence-corrected chi connectivity index (χ3v) is 4.19.